The third-order valence-corrected chi connectivity index (χ3v) is 8.03. The topological polar surface area (TPSA) is 159 Å². The number of benzene rings is 3. The summed E-state index contributed by atoms with van der Waals surface area (Å²) in [6.07, 6.45) is 1.10. The minimum absolute atomic E-state index is 0.140. The fraction of sp³-hybridized carbons (Fsp3) is 0.333. The van der Waals surface area contributed by atoms with Gasteiger partial charge in [-0.1, -0.05) is 0 Å². The zero-order chi connectivity index (χ0) is 30.7. The molecule has 222 valence electrons. The number of hydrogen-bond acceptors (Lipinski definition) is 8. The first-order chi connectivity index (χ1) is 20.5. The molecule has 0 spiro atoms. The van der Waals surface area contributed by atoms with Gasteiger partial charge in [-0.3, -0.25) is 38.4 Å². The van der Waals surface area contributed by atoms with Crippen LogP contribution in [0.3, 0.4) is 0 Å². The molecule has 6 aromatic rings. The van der Waals surface area contributed by atoms with Gasteiger partial charge in [0, 0.05) is 46.8 Å². The van der Waals surface area contributed by atoms with E-state index in [0.717, 1.165) is 0 Å². The minimum atomic E-state index is -0.562. The van der Waals surface area contributed by atoms with Crippen molar-refractivity contribution in [3.63, 3.8) is 0 Å². The molecule has 43 heavy (non-hydrogen) atoms. The van der Waals surface area contributed by atoms with Crippen LogP contribution in [0.15, 0.2) is 49.5 Å². The lowest BCUT2D eigenvalue weighted by atomic mass is 9.94. The van der Waals surface area contributed by atoms with E-state index in [0.29, 0.717) is 37.0 Å². The van der Waals surface area contributed by atoms with E-state index in [-0.39, 0.29) is 62.1 Å². The van der Waals surface area contributed by atoms with Gasteiger partial charge in [0.15, 0.2) is 0 Å². The third-order valence-electron chi connectivity index (χ3n) is 8.03. The maximum absolute atomic E-state index is 14.1. The molecule has 0 bridgehead atoms. The zero-order valence-electron chi connectivity index (χ0n) is 24.3. The molecule has 3 aromatic heterocycles. The van der Waals surface area contributed by atoms with Crippen molar-refractivity contribution in [1.82, 2.24) is 28.9 Å². The molecule has 0 unspecified atom stereocenters. The molecule has 13 nitrogen and oxygen atoms in total. The molecule has 0 atom stereocenters. The van der Waals surface area contributed by atoms with Gasteiger partial charge in [-0.25, -0.2) is 0 Å². The van der Waals surface area contributed by atoms with E-state index in [2.05, 4.69) is 9.97 Å². The number of nitrogens with zero attached hydrogens (tertiary/aromatic N) is 5. The van der Waals surface area contributed by atoms with E-state index in [9.17, 15) is 29.3 Å². The van der Waals surface area contributed by atoms with Gasteiger partial charge in [0.2, 0.25) is 0 Å². The van der Waals surface area contributed by atoms with Crippen LogP contribution in [0.5, 0.6) is 0 Å². The summed E-state index contributed by atoms with van der Waals surface area (Å²) in [6, 6.07) is 7.32. The number of fused-ring (bicyclic) bond motifs is 4. The highest BCUT2D eigenvalue weighted by Gasteiger charge is 2.25. The molecule has 6 rings (SSSR count). The van der Waals surface area contributed by atoms with Gasteiger partial charge in [-0.2, -0.15) is 0 Å². The monoisotopic (exact) mass is 585 g/mol. The first kappa shape index (κ1) is 28.2. The molecule has 2 N–H and O–H groups in total. The Bertz CT molecular complexity index is 2330. The second-order valence-electron chi connectivity index (χ2n) is 11.5. The summed E-state index contributed by atoms with van der Waals surface area (Å²) in [4.78, 5) is 77.0. The number of rotatable bonds is 9. The van der Waals surface area contributed by atoms with Crippen molar-refractivity contribution in [3.05, 3.63) is 81.9 Å². The van der Waals surface area contributed by atoms with Crippen molar-refractivity contribution >= 4 is 60.1 Å². The molecule has 0 amide bonds. The largest absolute Gasteiger partial charge is 0.351 e. The number of nitro groups is 1. The lowest BCUT2D eigenvalue weighted by Crippen LogP contribution is -2.36. The van der Waals surface area contributed by atoms with Gasteiger partial charge >= 0.3 is 0 Å². The molecule has 0 fully saturated rings. The second kappa shape index (κ2) is 10.4. The van der Waals surface area contributed by atoms with Crippen molar-refractivity contribution in [2.45, 2.75) is 25.9 Å². The van der Waals surface area contributed by atoms with Crippen molar-refractivity contribution in [2.75, 3.05) is 41.3 Å². The van der Waals surface area contributed by atoms with Crippen LogP contribution in [0.25, 0.3) is 54.4 Å². The zero-order valence-corrected chi connectivity index (χ0v) is 24.3. The Balaban J connectivity index is 1.81. The SMILES string of the molecule is CN(C)CCCn1c(=O)c2ccc3c(=O)n(CCCN(C)C)c(=O)c4c5[nH]c6cc([N+](=O)[O-])ccc6[nH]c5c(c1=O)c2c34. The van der Waals surface area contributed by atoms with Crippen LogP contribution < -0.4 is 22.2 Å². The molecule has 13 heteroatoms. The van der Waals surface area contributed by atoms with Crippen molar-refractivity contribution in [2.24, 2.45) is 0 Å². The van der Waals surface area contributed by atoms with Gasteiger partial charge in [0.25, 0.3) is 27.9 Å². The smallest absolute Gasteiger partial charge is 0.271 e. The Hall–Kier alpha value is -4.88. The number of hydrogen-bond donors (Lipinski definition) is 2. The molecule has 0 aliphatic heterocycles. The van der Waals surface area contributed by atoms with Crippen LogP contribution in [-0.2, 0) is 13.1 Å². The summed E-state index contributed by atoms with van der Waals surface area (Å²) in [5.74, 6) is 0. The van der Waals surface area contributed by atoms with Gasteiger partial charge in [-0.05, 0) is 72.3 Å². The summed E-state index contributed by atoms with van der Waals surface area (Å²) < 4.78 is 2.39. The molecule has 3 aromatic carbocycles. The Morgan fingerprint density at radius 3 is 1.58 bits per heavy atom. The van der Waals surface area contributed by atoms with Crippen LogP contribution >= 0.6 is 0 Å². The van der Waals surface area contributed by atoms with E-state index < -0.39 is 27.2 Å². The predicted octanol–water partition coefficient (Wildman–Crippen LogP) is 2.40. The Morgan fingerprint density at radius 2 is 1.14 bits per heavy atom. The maximum Gasteiger partial charge on any atom is 0.271 e. The van der Waals surface area contributed by atoms with E-state index in [1.807, 2.05) is 38.0 Å². The molecule has 0 saturated carbocycles. The highest BCUT2D eigenvalue weighted by Crippen LogP contribution is 2.35. The number of nitro benzene ring substituents is 1. The van der Waals surface area contributed by atoms with Crippen LogP contribution in [0.4, 0.5) is 5.69 Å². The predicted molar refractivity (Wildman–Crippen MR) is 168 cm³/mol. The number of pyridine rings is 2. The number of non-ortho nitro benzene ring substituents is 1. The van der Waals surface area contributed by atoms with Gasteiger partial charge < -0.3 is 19.8 Å². The number of aromatic nitrogens is 4. The number of H-pyrrole nitrogens is 2. The summed E-state index contributed by atoms with van der Waals surface area (Å²) in [5.41, 5.74) is -0.914. The van der Waals surface area contributed by atoms with Gasteiger partial charge in [0.05, 0.1) is 37.8 Å². The van der Waals surface area contributed by atoms with Crippen LogP contribution in [0.1, 0.15) is 12.8 Å². The number of aromatic amines is 2. The summed E-state index contributed by atoms with van der Waals surface area (Å²) >= 11 is 0. The van der Waals surface area contributed by atoms with Crippen LogP contribution in [0, 0.1) is 10.1 Å². The lowest BCUT2D eigenvalue weighted by Gasteiger charge is -2.18. The first-order valence-electron chi connectivity index (χ1n) is 14.0. The molecular formula is C30H31N7O6. The highest BCUT2D eigenvalue weighted by atomic mass is 16.6. The fourth-order valence-electron chi connectivity index (χ4n) is 6.03. The Morgan fingerprint density at radius 1 is 0.674 bits per heavy atom. The van der Waals surface area contributed by atoms with E-state index in [4.69, 9.17) is 0 Å². The minimum Gasteiger partial charge on any atom is -0.351 e. The molecular weight excluding hydrogens is 554 g/mol. The average Bonchev–Trinajstić information content (AvgIpc) is 2.96. The van der Waals surface area contributed by atoms with Crippen LogP contribution in [0.2, 0.25) is 0 Å². The summed E-state index contributed by atoms with van der Waals surface area (Å²) in [6.45, 7) is 1.66. The van der Waals surface area contributed by atoms with Crippen molar-refractivity contribution in [3.8, 4) is 0 Å². The summed E-state index contributed by atoms with van der Waals surface area (Å²) in [7, 11) is 7.61. The molecule has 0 aliphatic rings. The third kappa shape index (κ3) is 4.48. The van der Waals surface area contributed by atoms with E-state index >= 15 is 0 Å². The molecule has 0 radical (unpaired) electrons. The Labute approximate surface area is 243 Å². The van der Waals surface area contributed by atoms with Gasteiger partial charge in [-0.15, -0.1) is 0 Å². The normalized spacial score (nSPS) is 12.3. The number of nitrogens with one attached hydrogen (secondary N) is 2. The average molecular weight is 586 g/mol. The van der Waals surface area contributed by atoms with Crippen LogP contribution in [-0.4, -0.2) is 75.1 Å². The quantitative estimate of drug-likeness (QED) is 0.113. The molecule has 0 saturated heterocycles. The maximum atomic E-state index is 14.1. The Kier molecular flexibility index (Phi) is 6.86. The lowest BCUT2D eigenvalue weighted by molar-refractivity contribution is -0.384. The highest BCUT2D eigenvalue weighted by molar-refractivity contribution is 6.32. The standard InChI is InChI=1S/C30H31N7O6/c1-33(2)11-5-13-35-27(38)17-8-9-18-22-21(17)23(29(35)40)25-26(32-20-15-16(37(42)43)7-10-19(20)31-25)24(22)30(41)36(28(18)39)14-6-12-34(3)4/h7-10,15,31-32H,5-6,11-14H2,1-4H3. The van der Waals surface area contributed by atoms with Crippen molar-refractivity contribution in [1.29, 1.82) is 0 Å². The molecule has 0 aliphatic carbocycles. The van der Waals surface area contributed by atoms with E-state index in [1.165, 1.54) is 27.3 Å². The summed E-state index contributed by atoms with van der Waals surface area (Å²) in [5, 5.41) is 12.8. The van der Waals surface area contributed by atoms with E-state index in [1.54, 1.807) is 12.1 Å². The molecule has 3 heterocycles. The van der Waals surface area contributed by atoms with Gasteiger partial charge in [0.1, 0.15) is 0 Å². The fourth-order valence-corrected chi connectivity index (χ4v) is 6.03. The second-order valence-corrected chi connectivity index (χ2v) is 11.5. The first-order valence-corrected chi connectivity index (χ1v) is 14.0. The van der Waals surface area contributed by atoms with Crippen molar-refractivity contribution < 1.29 is 4.92 Å².